The lowest BCUT2D eigenvalue weighted by Gasteiger charge is -2.25. The summed E-state index contributed by atoms with van der Waals surface area (Å²) in [6.07, 6.45) is 8.84. The molecule has 0 saturated heterocycles. The summed E-state index contributed by atoms with van der Waals surface area (Å²) in [5, 5.41) is 13.4. The molecule has 0 aromatic heterocycles. The molecule has 1 aliphatic carbocycles. The molecule has 0 aliphatic heterocycles. The number of hydrogen-bond acceptors (Lipinski definition) is 3. The predicted molar refractivity (Wildman–Crippen MR) is 66.5 cm³/mol. The van der Waals surface area contributed by atoms with E-state index in [1.807, 2.05) is 6.92 Å². The Bertz CT molecular complexity index is 214. The molecule has 16 heavy (non-hydrogen) atoms. The summed E-state index contributed by atoms with van der Waals surface area (Å²) >= 11 is 0. The van der Waals surface area contributed by atoms with E-state index in [1.165, 1.54) is 19.3 Å². The van der Waals surface area contributed by atoms with Crippen LogP contribution in [0.3, 0.4) is 0 Å². The van der Waals surface area contributed by atoms with E-state index in [2.05, 4.69) is 17.5 Å². The Labute approximate surface area is 98.9 Å². The van der Waals surface area contributed by atoms with Gasteiger partial charge in [0.1, 0.15) is 0 Å². The lowest BCUT2D eigenvalue weighted by molar-refractivity contribution is 0.0243. The van der Waals surface area contributed by atoms with E-state index in [-0.39, 0.29) is 0 Å². The van der Waals surface area contributed by atoms with Crippen LogP contribution in [0.15, 0.2) is 12.2 Å². The second-order valence-electron chi connectivity index (χ2n) is 5.02. The predicted octanol–water partition coefficient (Wildman–Crippen LogP) is 1.72. The maximum atomic E-state index is 10.0. The largest absolute Gasteiger partial charge is 0.389 e. The summed E-state index contributed by atoms with van der Waals surface area (Å²) in [4.78, 5) is 0. The second-order valence-corrected chi connectivity index (χ2v) is 5.02. The van der Waals surface area contributed by atoms with Crippen molar-refractivity contribution in [2.45, 2.75) is 38.2 Å². The highest BCUT2D eigenvalue weighted by atomic mass is 16.5. The van der Waals surface area contributed by atoms with Gasteiger partial charge < -0.3 is 15.2 Å². The normalized spacial score (nSPS) is 24.3. The maximum Gasteiger partial charge on any atom is 0.0765 e. The summed E-state index contributed by atoms with van der Waals surface area (Å²) in [7, 11) is 1.66. The molecule has 0 spiro atoms. The van der Waals surface area contributed by atoms with Gasteiger partial charge in [-0.25, -0.2) is 0 Å². The van der Waals surface area contributed by atoms with E-state index in [4.69, 9.17) is 4.74 Å². The van der Waals surface area contributed by atoms with Crippen molar-refractivity contribution in [2.24, 2.45) is 5.92 Å². The minimum atomic E-state index is -0.652. The van der Waals surface area contributed by atoms with Gasteiger partial charge in [-0.1, -0.05) is 12.2 Å². The average molecular weight is 227 g/mol. The molecule has 0 aromatic rings. The van der Waals surface area contributed by atoms with Crippen LogP contribution in [0.2, 0.25) is 0 Å². The van der Waals surface area contributed by atoms with Crippen LogP contribution in [0.1, 0.15) is 32.6 Å². The topological polar surface area (TPSA) is 41.5 Å². The number of nitrogens with one attached hydrogen (secondary N) is 1. The fourth-order valence-corrected chi connectivity index (χ4v) is 2.00. The highest BCUT2D eigenvalue weighted by Gasteiger charge is 2.20. The zero-order valence-corrected chi connectivity index (χ0v) is 10.5. The van der Waals surface area contributed by atoms with E-state index in [0.29, 0.717) is 19.6 Å². The smallest absolute Gasteiger partial charge is 0.0765 e. The van der Waals surface area contributed by atoms with Crippen molar-refractivity contribution >= 4 is 0 Å². The molecular weight excluding hydrogens is 202 g/mol. The fraction of sp³-hybridized carbons (Fsp3) is 0.846. The quantitative estimate of drug-likeness (QED) is 0.651. The van der Waals surface area contributed by atoms with Gasteiger partial charge in [-0.3, -0.25) is 0 Å². The summed E-state index contributed by atoms with van der Waals surface area (Å²) < 4.78 is 4.98. The van der Waals surface area contributed by atoms with Crippen LogP contribution in [0.4, 0.5) is 0 Å². The standard InChI is InChI=1S/C13H25NO2/c1-13(15,8-9-16-2)11-14-10-12-6-4-3-5-7-12/h3-4,12,14-15H,5-11H2,1-2H3. The second kappa shape index (κ2) is 7.05. The molecular formula is C13H25NO2. The van der Waals surface area contributed by atoms with E-state index >= 15 is 0 Å². The molecule has 0 saturated carbocycles. The molecule has 3 heteroatoms. The molecule has 2 unspecified atom stereocenters. The van der Waals surface area contributed by atoms with Gasteiger partial charge in [0.25, 0.3) is 0 Å². The monoisotopic (exact) mass is 227 g/mol. The van der Waals surface area contributed by atoms with Crippen LogP contribution < -0.4 is 5.32 Å². The molecule has 0 amide bonds. The first-order valence-electron chi connectivity index (χ1n) is 6.21. The van der Waals surface area contributed by atoms with Gasteiger partial charge in [-0.15, -0.1) is 0 Å². The van der Waals surface area contributed by atoms with Crippen molar-refractivity contribution in [1.29, 1.82) is 0 Å². The summed E-state index contributed by atoms with van der Waals surface area (Å²) in [6, 6.07) is 0. The molecule has 1 rings (SSSR count). The maximum absolute atomic E-state index is 10.0. The van der Waals surface area contributed by atoms with Gasteiger partial charge >= 0.3 is 0 Å². The Morgan fingerprint density at radius 1 is 1.50 bits per heavy atom. The molecule has 1 aliphatic rings. The third-order valence-electron chi connectivity index (χ3n) is 3.16. The third kappa shape index (κ3) is 5.64. The zero-order chi connectivity index (χ0) is 11.9. The number of allylic oxidation sites excluding steroid dienone is 2. The molecule has 94 valence electrons. The SMILES string of the molecule is COCCC(C)(O)CNCC1CC=CCC1. The van der Waals surface area contributed by atoms with E-state index in [1.54, 1.807) is 7.11 Å². The number of aliphatic hydroxyl groups is 1. The molecule has 2 N–H and O–H groups in total. The molecule has 0 fully saturated rings. The van der Waals surface area contributed by atoms with Crippen LogP contribution >= 0.6 is 0 Å². The molecule has 3 nitrogen and oxygen atoms in total. The van der Waals surface area contributed by atoms with E-state index in [0.717, 1.165) is 12.5 Å². The van der Waals surface area contributed by atoms with Gasteiger partial charge in [-0.05, 0) is 38.6 Å². The lowest BCUT2D eigenvalue weighted by atomic mass is 9.94. The summed E-state index contributed by atoms with van der Waals surface area (Å²) in [5.41, 5.74) is -0.652. The van der Waals surface area contributed by atoms with Gasteiger partial charge in [0.05, 0.1) is 5.60 Å². The Morgan fingerprint density at radius 2 is 2.31 bits per heavy atom. The van der Waals surface area contributed by atoms with Crippen LogP contribution in [0, 0.1) is 5.92 Å². The molecule has 0 radical (unpaired) electrons. The van der Waals surface area contributed by atoms with Crippen molar-refractivity contribution in [3.8, 4) is 0 Å². The van der Waals surface area contributed by atoms with Gasteiger partial charge in [0, 0.05) is 26.7 Å². The molecule has 0 aromatic carbocycles. The third-order valence-corrected chi connectivity index (χ3v) is 3.16. The first kappa shape index (κ1) is 13.7. The highest BCUT2D eigenvalue weighted by molar-refractivity contribution is 4.90. The highest BCUT2D eigenvalue weighted by Crippen LogP contribution is 2.17. The fourth-order valence-electron chi connectivity index (χ4n) is 2.00. The minimum Gasteiger partial charge on any atom is -0.389 e. The van der Waals surface area contributed by atoms with Gasteiger partial charge in [0.2, 0.25) is 0 Å². The van der Waals surface area contributed by atoms with Gasteiger partial charge in [-0.2, -0.15) is 0 Å². The average Bonchev–Trinajstić information content (AvgIpc) is 2.28. The summed E-state index contributed by atoms with van der Waals surface area (Å²) in [6.45, 7) is 4.13. The first-order valence-corrected chi connectivity index (χ1v) is 6.21. The molecule has 0 bridgehead atoms. The Kier molecular flexibility index (Phi) is 6.03. The Morgan fingerprint density at radius 3 is 2.94 bits per heavy atom. The number of hydrogen-bond donors (Lipinski definition) is 2. The van der Waals surface area contributed by atoms with Crippen molar-refractivity contribution in [3.63, 3.8) is 0 Å². The number of rotatable bonds is 7. The summed E-state index contributed by atoms with van der Waals surface area (Å²) in [5.74, 6) is 0.739. The van der Waals surface area contributed by atoms with Gasteiger partial charge in [0.15, 0.2) is 0 Å². The van der Waals surface area contributed by atoms with Crippen molar-refractivity contribution in [3.05, 3.63) is 12.2 Å². The molecule has 2 atom stereocenters. The Balaban J connectivity index is 2.11. The molecule has 0 heterocycles. The van der Waals surface area contributed by atoms with Crippen molar-refractivity contribution in [2.75, 3.05) is 26.8 Å². The van der Waals surface area contributed by atoms with Crippen LogP contribution in [0.5, 0.6) is 0 Å². The zero-order valence-electron chi connectivity index (χ0n) is 10.5. The lowest BCUT2D eigenvalue weighted by Crippen LogP contribution is -2.40. The van der Waals surface area contributed by atoms with E-state index in [9.17, 15) is 5.11 Å². The number of methoxy groups -OCH3 is 1. The first-order chi connectivity index (χ1) is 7.64. The minimum absolute atomic E-state index is 0.612. The van der Waals surface area contributed by atoms with Crippen LogP contribution in [-0.4, -0.2) is 37.5 Å². The van der Waals surface area contributed by atoms with Crippen molar-refractivity contribution in [1.82, 2.24) is 5.32 Å². The Hall–Kier alpha value is -0.380. The van der Waals surface area contributed by atoms with Crippen molar-refractivity contribution < 1.29 is 9.84 Å². The van der Waals surface area contributed by atoms with Crippen LogP contribution in [0.25, 0.3) is 0 Å². The number of ether oxygens (including phenoxy) is 1. The van der Waals surface area contributed by atoms with Crippen LogP contribution in [-0.2, 0) is 4.74 Å². The van der Waals surface area contributed by atoms with E-state index < -0.39 is 5.60 Å².